The van der Waals surface area contributed by atoms with Crippen LogP contribution in [0.3, 0.4) is 0 Å². The van der Waals surface area contributed by atoms with Crippen LogP contribution in [0.2, 0.25) is 0 Å². The molecule has 21 fully saturated rings. The highest BCUT2D eigenvalue weighted by molar-refractivity contribution is 5.94. The summed E-state index contributed by atoms with van der Waals surface area (Å²) in [5.74, 6) is -0.931. The Bertz CT molecular complexity index is 3240. The number of carbonyl (C=O) groups excluding carboxylic acids is 1. The summed E-state index contributed by atoms with van der Waals surface area (Å²) in [6.07, 6.45) is -72.7. The third kappa shape index (κ3) is 15.8. The van der Waals surface area contributed by atoms with Crippen LogP contribution in [0.1, 0.15) is 15.9 Å². The van der Waals surface area contributed by atoms with Crippen LogP contribution in [0.15, 0.2) is 29.1 Å². The van der Waals surface area contributed by atoms with Crippen molar-refractivity contribution in [3.05, 3.63) is 45.9 Å². The summed E-state index contributed by atoms with van der Waals surface area (Å²) >= 11 is 0. The van der Waals surface area contributed by atoms with Crippen LogP contribution >= 0.6 is 0 Å². The number of ether oxygens (including phenoxy) is 16. The van der Waals surface area contributed by atoms with Gasteiger partial charge in [-0.3, -0.25) is 9.36 Å². The minimum atomic E-state index is -2.32. The van der Waals surface area contributed by atoms with Gasteiger partial charge in [0.1, 0.15) is 183 Å². The lowest BCUT2D eigenvalue weighted by atomic mass is 9.95. The molecule has 23 heterocycles. The minimum absolute atomic E-state index is 0.0311. The van der Waals surface area contributed by atoms with Crippen LogP contribution in [-0.2, 0) is 77.6 Å². The number of amides is 1. The number of fused-ring (bicyclic) bond motifs is 1. The molecule has 21 saturated heterocycles. The number of benzene rings is 1. The molecule has 0 aliphatic carbocycles. The van der Waals surface area contributed by atoms with Crippen LogP contribution in [-0.4, -0.2) is 409 Å². The summed E-state index contributed by atoms with van der Waals surface area (Å²) in [7, 11) is 1.46. The van der Waals surface area contributed by atoms with E-state index in [1.54, 1.807) is 0 Å². The number of nitrogens with one attached hydrogen (secondary N) is 2. The van der Waals surface area contributed by atoms with E-state index in [2.05, 4.69) is 20.3 Å². The molecular weight excluding hydrogens is 1390 g/mol. The Labute approximate surface area is 574 Å². The summed E-state index contributed by atoms with van der Waals surface area (Å²) in [5, 5.41) is 228. The Kier molecular flexibility index (Phi) is 25.8. The van der Waals surface area contributed by atoms with Crippen LogP contribution in [0.5, 0.6) is 6.01 Å². The van der Waals surface area contributed by atoms with Crippen LogP contribution in [0.4, 0.5) is 5.82 Å². The zero-order valence-corrected chi connectivity index (χ0v) is 53.8. The SMILES string of the molecule is COCCOc1nc(N)c2[nH]c(=O)n(Cc3ccc(C(=O)NC[C@H]4O[C@@H]5O[C@H]6[C@H](O)[C@@H](O)[C@@H](O[C@H]7[C@H](O)[C@@H](O)[C@@H](O[C@H]8[C@H](O)[C@@H](O)[C@@H](O[C@H]9[C@H](O)[C@@H](O)[C@@H](O[C@H]%10[C@H](O)[C@@H](O)[C@@H](O[C@H]%11[C@H](O)[C@@H](O)[C@@H](O[C@H]4[C@H](O)[C@H]5O)O[C@@H]%11CO)O[C@@H]%10CO)O[C@@H]9CO)O[C@@H]8CO)O[C@@H]7CO)O[C@@H]6CO)cc3)c2n1. The Morgan fingerprint density at radius 2 is 0.735 bits per heavy atom. The summed E-state index contributed by atoms with van der Waals surface area (Å²) in [6, 6.07) is 5.56. The van der Waals surface area contributed by atoms with Gasteiger partial charge in [-0.25, -0.2) is 4.79 Å². The van der Waals surface area contributed by atoms with E-state index in [1.165, 1.54) is 35.9 Å². The number of H-pyrrole nitrogens is 1. The maximum Gasteiger partial charge on any atom is 0.328 e. The van der Waals surface area contributed by atoms with Crippen LogP contribution in [0.25, 0.3) is 11.2 Å². The van der Waals surface area contributed by atoms with Crippen molar-refractivity contribution in [2.75, 3.05) is 72.2 Å². The van der Waals surface area contributed by atoms with Gasteiger partial charge in [0.15, 0.2) is 55.5 Å². The first kappa shape index (κ1) is 78.3. The molecule has 0 unspecified atom stereocenters. The number of aromatic nitrogens is 4. The van der Waals surface area contributed by atoms with Gasteiger partial charge in [0, 0.05) is 19.2 Å². The second-order valence-corrected chi connectivity index (χ2v) is 25.3. The molecule has 24 N–H and O–H groups in total. The lowest BCUT2D eigenvalue weighted by molar-refractivity contribution is -0.396. The average Bonchev–Trinajstić information content (AvgIpc) is 1.01. The van der Waals surface area contributed by atoms with Crippen molar-refractivity contribution < 1.29 is 183 Å². The van der Waals surface area contributed by atoms with Gasteiger partial charge in [0.2, 0.25) is 0 Å². The predicted molar refractivity (Wildman–Crippen MR) is 319 cm³/mol. The minimum Gasteiger partial charge on any atom is -0.461 e. The smallest absolute Gasteiger partial charge is 0.328 e. The fourth-order valence-electron chi connectivity index (χ4n) is 13.1. The Morgan fingerprint density at radius 1 is 0.441 bits per heavy atom. The molecule has 2 aromatic heterocycles. The van der Waals surface area contributed by atoms with Crippen molar-refractivity contribution in [1.82, 2.24) is 24.8 Å². The predicted octanol–water partition coefficient (Wildman–Crippen LogP) is -14.7. The number of hydrogen-bond donors (Lipinski definition) is 23. The van der Waals surface area contributed by atoms with Crippen LogP contribution < -0.4 is 21.5 Å². The van der Waals surface area contributed by atoms with Gasteiger partial charge in [-0.15, -0.1) is 0 Å². The number of aromatic amines is 1. The average molecular weight is 1480 g/mol. The van der Waals surface area contributed by atoms with Crippen molar-refractivity contribution >= 4 is 22.9 Å². The molecule has 44 nitrogen and oxygen atoms in total. The molecule has 576 valence electrons. The zero-order valence-electron chi connectivity index (χ0n) is 53.8. The summed E-state index contributed by atoms with van der Waals surface area (Å²) in [6.45, 7) is -7.15. The number of nitrogens with two attached hydrogens (primary N) is 1. The van der Waals surface area contributed by atoms with Gasteiger partial charge in [-0.2, -0.15) is 9.97 Å². The number of aliphatic hydroxyl groups is 20. The topological polar surface area (TPSA) is 671 Å². The molecule has 24 rings (SSSR count). The second kappa shape index (κ2) is 33.6. The molecule has 14 bridgehead atoms. The molecule has 0 radical (unpaired) electrons. The molecule has 35 atom stereocenters. The van der Waals surface area contributed by atoms with E-state index in [0.29, 0.717) is 5.56 Å². The van der Waals surface area contributed by atoms with Crippen molar-refractivity contribution in [3.63, 3.8) is 0 Å². The molecule has 1 amide bonds. The van der Waals surface area contributed by atoms with E-state index >= 15 is 0 Å². The first-order valence-electron chi connectivity index (χ1n) is 32.4. The maximum atomic E-state index is 14.0. The number of nitrogens with zero attached hydrogens (tertiary/aromatic N) is 3. The molecule has 1 aromatic carbocycles. The van der Waals surface area contributed by atoms with E-state index < -0.39 is 273 Å². The van der Waals surface area contributed by atoms with E-state index in [-0.39, 0.29) is 48.3 Å². The number of anilines is 1. The fourth-order valence-corrected chi connectivity index (χ4v) is 13.1. The number of carbonyl (C=O) groups is 1. The van der Waals surface area contributed by atoms with Gasteiger partial charge < -0.3 is 194 Å². The molecule has 0 spiro atoms. The fraction of sp³-hybridized carbons (Fsp3) is 0.793. The van der Waals surface area contributed by atoms with Crippen molar-refractivity contribution in [1.29, 1.82) is 0 Å². The van der Waals surface area contributed by atoms with E-state index in [1.807, 2.05) is 0 Å². The van der Waals surface area contributed by atoms with Gasteiger partial charge >= 0.3 is 11.7 Å². The van der Waals surface area contributed by atoms with Gasteiger partial charge in [0.05, 0.1) is 52.8 Å². The number of hydrogen-bond acceptors (Lipinski definition) is 41. The van der Waals surface area contributed by atoms with Gasteiger partial charge in [0.25, 0.3) is 5.91 Å². The number of methoxy groups -OCH3 is 1. The standard InChI is InChI=1S/C58H86N6O38/c1-87-6-7-88-57-62-47(59)25-48(63-57)64(58(86)61-25)9-16-2-4-17(5-3-16)49(85)60-8-18-40-26(71)33(78)50(89-18)97-41-19(10-65)91-52(35(80)28(41)73)99-43-21(12-67)93-54(37(82)30(43)75)101-45-23(14-69)95-56(39(84)32(45)77)102-46-24(15-70)94-55(38(83)31(46)76)100-44-22(13-68)92-53(36(81)29(44)74)98-42-20(11-66)90-51(96-40)34(79)27(42)72/h2-5,18-24,26-46,50-56,65-84H,6-15H2,1H3,(H,60,85)(H,61,86)(H2,59,62,63)/t18-,19-,20-,21-,22-,23-,24-,26-,27-,28-,29-,30-,31-,32-,33-,34-,35-,36-,37-,38-,39-,40-,41-,42-,43-,44-,45-,46-,50-,51-,52-,53-,54-,55-,56-/m1/s1. The number of imidazole rings is 1. The third-order valence-corrected chi connectivity index (χ3v) is 18.8. The quantitative estimate of drug-likeness (QED) is 0.0628. The molecule has 0 saturated carbocycles. The monoisotopic (exact) mass is 1470 g/mol. The first-order valence-corrected chi connectivity index (χ1v) is 32.4. The maximum absolute atomic E-state index is 14.0. The van der Waals surface area contributed by atoms with Crippen LogP contribution in [0, 0.1) is 0 Å². The molecule has 21 aliphatic rings. The molecule has 44 heteroatoms. The summed E-state index contributed by atoms with van der Waals surface area (Å²) in [5.41, 5.74) is 6.12. The molecule has 21 aliphatic heterocycles. The molecular formula is C58H86N6O38. The lowest BCUT2D eigenvalue weighted by Gasteiger charge is -2.50. The van der Waals surface area contributed by atoms with Gasteiger partial charge in [-0.05, 0) is 17.7 Å². The Morgan fingerprint density at radius 3 is 1.03 bits per heavy atom. The van der Waals surface area contributed by atoms with E-state index in [9.17, 15) is 112 Å². The molecule has 3 aromatic rings. The summed E-state index contributed by atoms with van der Waals surface area (Å²) in [4.78, 5) is 38.2. The van der Waals surface area contributed by atoms with Crippen molar-refractivity contribution in [3.8, 4) is 6.01 Å². The lowest BCUT2D eigenvalue weighted by Crippen LogP contribution is -2.68. The Hall–Kier alpha value is -4.76. The highest BCUT2D eigenvalue weighted by Gasteiger charge is 2.60. The zero-order chi connectivity index (χ0) is 73.4. The first-order chi connectivity index (χ1) is 48.8. The van der Waals surface area contributed by atoms with Gasteiger partial charge in [-0.1, -0.05) is 12.1 Å². The normalized spacial score (nSPS) is 44.6. The largest absolute Gasteiger partial charge is 0.461 e. The van der Waals surface area contributed by atoms with E-state index in [4.69, 9.17) is 81.5 Å². The highest BCUT2D eigenvalue weighted by atomic mass is 16.8. The van der Waals surface area contributed by atoms with E-state index in [0.717, 1.165) is 0 Å². The number of nitrogen functional groups attached to an aromatic ring is 1. The summed E-state index contributed by atoms with van der Waals surface area (Å²) < 4.78 is 93.3. The third-order valence-electron chi connectivity index (χ3n) is 18.8. The second-order valence-electron chi connectivity index (χ2n) is 25.3. The van der Waals surface area contributed by atoms with Crippen molar-refractivity contribution in [2.45, 2.75) is 221 Å². The molecule has 102 heavy (non-hydrogen) atoms. The van der Waals surface area contributed by atoms with Crippen molar-refractivity contribution in [2.24, 2.45) is 0 Å². The number of rotatable bonds is 15. The number of aliphatic hydroxyl groups excluding tert-OH is 20. The Balaban J connectivity index is 0.868. The highest BCUT2D eigenvalue weighted by Crippen LogP contribution is 2.39.